The largest absolute Gasteiger partial charge is 0.389 e. The smallest absolute Gasteiger partial charge is 0.0737 e. The highest BCUT2D eigenvalue weighted by Gasteiger charge is 2.36. The molecule has 0 spiro atoms. The van der Waals surface area contributed by atoms with Gasteiger partial charge in [-0.05, 0) is 31.9 Å². The summed E-state index contributed by atoms with van der Waals surface area (Å²) in [6.45, 7) is 6.18. The van der Waals surface area contributed by atoms with Crippen molar-refractivity contribution >= 4 is 0 Å². The number of aliphatic hydroxyl groups is 1. The summed E-state index contributed by atoms with van der Waals surface area (Å²) in [4.78, 5) is 0. The zero-order valence-corrected chi connectivity index (χ0v) is 10.9. The number of hydrogen-bond acceptors (Lipinski definition) is 2. The maximum atomic E-state index is 10.7. The van der Waals surface area contributed by atoms with Crippen LogP contribution in [0.2, 0.25) is 0 Å². The molecular formula is C15H22O2. The second-order valence-corrected chi connectivity index (χ2v) is 5.49. The molecule has 2 nitrogen and oxygen atoms in total. The summed E-state index contributed by atoms with van der Waals surface area (Å²) in [6, 6.07) is 8.29. The molecule has 0 saturated carbocycles. The minimum absolute atomic E-state index is 0.146. The Labute approximate surface area is 104 Å². The van der Waals surface area contributed by atoms with E-state index in [1.54, 1.807) is 0 Å². The summed E-state index contributed by atoms with van der Waals surface area (Å²) >= 11 is 0. The van der Waals surface area contributed by atoms with Gasteiger partial charge in [0, 0.05) is 19.3 Å². The minimum Gasteiger partial charge on any atom is -0.389 e. The molecule has 1 saturated heterocycles. The number of rotatable bonds is 2. The Morgan fingerprint density at radius 1 is 1.24 bits per heavy atom. The van der Waals surface area contributed by atoms with Crippen LogP contribution in [0.5, 0.6) is 0 Å². The van der Waals surface area contributed by atoms with E-state index in [9.17, 15) is 5.11 Å². The van der Waals surface area contributed by atoms with Crippen molar-refractivity contribution in [1.29, 1.82) is 0 Å². The second kappa shape index (κ2) is 4.79. The Hall–Kier alpha value is -0.860. The maximum absolute atomic E-state index is 10.7. The average molecular weight is 234 g/mol. The van der Waals surface area contributed by atoms with Gasteiger partial charge < -0.3 is 9.84 Å². The molecule has 1 N–H and O–H groups in total. The third-order valence-electron chi connectivity index (χ3n) is 3.58. The van der Waals surface area contributed by atoms with Gasteiger partial charge in [0.2, 0.25) is 0 Å². The van der Waals surface area contributed by atoms with Gasteiger partial charge in [-0.1, -0.05) is 24.3 Å². The Morgan fingerprint density at radius 3 is 2.41 bits per heavy atom. The molecule has 1 aliphatic rings. The first-order chi connectivity index (χ1) is 7.98. The van der Waals surface area contributed by atoms with Crippen LogP contribution in [-0.4, -0.2) is 22.9 Å². The van der Waals surface area contributed by atoms with Crippen molar-refractivity contribution in [2.24, 2.45) is 0 Å². The van der Waals surface area contributed by atoms with E-state index in [2.05, 4.69) is 19.1 Å². The third-order valence-corrected chi connectivity index (χ3v) is 3.58. The van der Waals surface area contributed by atoms with Crippen molar-refractivity contribution in [2.45, 2.75) is 57.8 Å². The zero-order chi connectivity index (χ0) is 12.5. The van der Waals surface area contributed by atoms with Gasteiger partial charge in [-0.3, -0.25) is 0 Å². The van der Waals surface area contributed by atoms with Gasteiger partial charge in [0.05, 0.1) is 17.8 Å². The molecule has 94 valence electrons. The fraction of sp³-hybridized carbons (Fsp3) is 0.600. The normalized spacial score (nSPS) is 33.6. The molecule has 1 fully saturated rings. The monoisotopic (exact) mass is 234 g/mol. The summed E-state index contributed by atoms with van der Waals surface area (Å²) in [5, 5.41) is 10.7. The zero-order valence-electron chi connectivity index (χ0n) is 10.9. The molecule has 0 amide bonds. The molecule has 0 bridgehead atoms. The molecule has 2 heteroatoms. The number of ether oxygens (including phenoxy) is 1. The molecular weight excluding hydrogens is 212 g/mol. The fourth-order valence-electron chi connectivity index (χ4n) is 2.95. The third kappa shape index (κ3) is 3.08. The van der Waals surface area contributed by atoms with Gasteiger partial charge in [-0.25, -0.2) is 0 Å². The van der Waals surface area contributed by atoms with Crippen LogP contribution in [0.25, 0.3) is 0 Å². The molecule has 1 aromatic carbocycles. The van der Waals surface area contributed by atoms with Crippen LogP contribution >= 0.6 is 0 Å². The fourth-order valence-corrected chi connectivity index (χ4v) is 2.95. The summed E-state index contributed by atoms with van der Waals surface area (Å²) in [5.41, 5.74) is 1.90. The van der Waals surface area contributed by atoms with Crippen molar-refractivity contribution in [3.63, 3.8) is 0 Å². The first kappa shape index (κ1) is 12.6. The van der Waals surface area contributed by atoms with E-state index in [1.165, 1.54) is 11.1 Å². The minimum atomic E-state index is -0.608. The van der Waals surface area contributed by atoms with Crippen molar-refractivity contribution in [2.75, 3.05) is 0 Å². The molecule has 2 atom stereocenters. The van der Waals surface area contributed by atoms with Crippen LogP contribution in [0.4, 0.5) is 0 Å². The van der Waals surface area contributed by atoms with Crippen LogP contribution in [-0.2, 0) is 11.2 Å². The van der Waals surface area contributed by atoms with E-state index in [4.69, 9.17) is 4.74 Å². The number of hydrogen-bond donors (Lipinski definition) is 1. The lowest BCUT2D eigenvalue weighted by atomic mass is 9.82. The molecule has 1 heterocycles. The van der Waals surface area contributed by atoms with Gasteiger partial charge in [-0.15, -0.1) is 0 Å². The Balaban J connectivity index is 2.14. The standard InChI is InChI=1S/C15H22O2/c1-11-6-4-5-7-14(11)10-15(16)8-12(2)17-13(3)9-15/h4-7,12-13,16H,8-10H2,1-3H3. The summed E-state index contributed by atoms with van der Waals surface area (Å²) in [5.74, 6) is 0. The second-order valence-electron chi connectivity index (χ2n) is 5.49. The van der Waals surface area contributed by atoms with Crippen LogP contribution < -0.4 is 0 Å². The molecule has 2 rings (SSSR count). The SMILES string of the molecule is Cc1ccccc1CC1(O)CC(C)OC(C)C1. The topological polar surface area (TPSA) is 29.5 Å². The lowest BCUT2D eigenvalue weighted by Gasteiger charge is -2.39. The Kier molecular flexibility index (Phi) is 3.55. The molecule has 1 aliphatic heterocycles. The van der Waals surface area contributed by atoms with Crippen molar-refractivity contribution in [3.8, 4) is 0 Å². The highest BCUT2D eigenvalue weighted by atomic mass is 16.5. The van der Waals surface area contributed by atoms with Crippen molar-refractivity contribution < 1.29 is 9.84 Å². The van der Waals surface area contributed by atoms with Crippen LogP contribution in [0.1, 0.15) is 37.8 Å². The van der Waals surface area contributed by atoms with Crippen LogP contribution in [0.15, 0.2) is 24.3 Å². The Bertz CT molecular complexity index is 376. The van der Waals surface area contributed by atoms with Gasteiger partial charge in [-0.2, -0.15) is 0 Å². The highest BCUT2D eigenvalue weighted by molar-refractivity contribution is 5.27. The van der Waals surface area contributed by atoms with Gasteiger partial charge in [0.25, 0.3) is 0 Å². The van der Waals surface area contributed by atoms with E-state index in [0.717, 1.165) is 19.3 Å². The molecule has 1 aromatic rings. The van der Waals surface area contributed by atoms with Crippen LogP contribution in [0, 0.1) is 6.92 Å². The van der Waals surface area contributed by atoms with E-state index in [0.29, 0.717) is 0 Å². The average Bonchev–Trinajstić information content (AvgIpc) is 2.19. The predicted octanol–water partition coefficient (Wildman–Crippen LogP) is 2.86. The number of benzene rings is 1. The lowest BCUT2D eigenvalue weighted by molar-refractivity contribution is -0.130. The molecule has 0 aliphatic carbocycles. The molecule has 0 radical (unpaired) electrons. The molecule has 2 unspecified atom stereocenters. The van der Waals surface area contributed by atoms with Gasteiger partial charge in [0.15, 0.2) is 0 Å². The quantitative estimate of drug-likeness (QED) is 0.852. The van der Waals surface area contributed by atoms with E-state index in [-0.39, 0.29) is 12.2 Å². The van der Waals surface area contributed by atoms with E-state index < -0.39 is 5.60 Å². The van der Waals surface area contributed by atoms with E-state index in [1.807, 2.05) is 26.0 Å². The van der Waals surface area contributed by atoms with Crippen molar-refractivity contribution in [1.82, 2.24) is 0 Å². The van der Waals surface area contributed by atoms with Crippen LogP contribution in [0.3, 0.4) is 0 Å². The predicted molar refractivity (Wildman–Crippen MR) is 69.1 cm³/mol. The van der Waals surface area contributed by atoms with Gasteiger partial charge >= 0.3 is 0 Å². The molecule has 0 aromatic heterocycles. The maximum Gasteiger partial charge on any atom is 0.0737 e. The first-order valence-electron chi connectivity index (χ1n) is 6.41. The summed E-state index contributed by atoms with van der Waals surface area (Å²) in [6.07, 6.45) is 2.48. The summed E-state index contributed by atoms with van der Waals surface area (Å²) < 4.78 is 5.69. The lowest BCUT2D eigenvalue weighted by Crippen LogP contribution is -2.45. The van der Waals surface area contributed by atoms with Gasteiger partial charge in [0.1, 0.15) is 0 Å². The van der Waals surface area contributed by atoms with E-state index >= 15 is 0 Å². The Morgan fingerprint density at radius 2 is 1.82 bits per heavy atom. The first-order valence-corrected chi connectivity index (χ1v) is 6.41. The summed E-state index contributed by atoms with van der Waals surface area (Å²) in [7, 11) is 0. The highest BCUT2D eigenvalue weighted by Crippen LogP contribution is 2.32. The van der Waals surface area contributed by atoms with Crippen molar-refractivity contribution in [3.05, 3.63) is 35.4 Å². The number of aryl methyl sites for hydroxylation is 1. The molecule has 17 heavy (non-hydrogen) atoms.